The molecule has 0 saturated heterocycles. The van der Waals surface area contributed by atoms with Gasteiger partial charge >= 0.3 is 0 Å². The van der Waals surface area contributed by atoms with Crippen LogP contribution in [-0.2, 0) is 6.42 Å². The fourth-order valence-electron chi connectivity index (χ4n) is 1.94. The molecule has 2 heteroatoms. The summed E-state index contributed by atoms with van der Waals surface area (Å²) in [4.78, 5) is 1.44. The number of aryl methyl sites for hydroxylation is 1. The van der Waals surface area contributed by atoms with Crippen LogP contribution in [0.3, 0.4) is 0 Å². The van der Waals surface area contributed by atoms with Gasteiger partial charge in [-0.1, -0.05) is 40.0 Å². The zero-order chi connectivity index (χ0) is 12.0. The van der Waals surface area contributed by atoms with Crippen LogP contribution in [-0.4, -0.2) is 0 Å². The van der Waals surface area contributed by atoms with Crippen molar-refractivity contribution in [2.24, 2.45) is 11.8 Å². The fraction of sp³-hybridized carbons (Fsp3) is 0.714. The molecule has 1 unspecified atom stereocenters. The number of nitrogen functional groups attached to an aromatic ring is 1. The Hall–Kier alpha value is -0.500. The topological polar surface area (TPSA) is 26.0 Å². The highest BCUT2D eigenvalue weighted by Gasteiger charge is 2.05. The van der Waals surface area contributed by atoms with Gasteiger partial charge in [0.1, 0.15) is 0 Å². The van der Waals surface area contributed by atoms with Gasteiger partial charge in [-0.15, -0.1) is 11.3 Å². The summed E-state index contributed by atoms with van der Waals surface area (Å²) in [5, 5.41) is 0.947. The number of thiophene rings is 1. The molecule has 92 valence electrons. The summed E-state index contributed by atoms with van der Waals surface area (Å²) < 4.78 is 0. The van der Waals surface area contributed by atoms with Crippen molar-refractivity contribution in [2.75, 3.05) is 5.73 Å². The number of hydrogen-bond acceptors (Lipinski definition) is 2. The van der Waals surface area contributed by atoms with Crippen LogP contribution in [0.5, 0.6) is 0 Å². The summed E-state index contributed by atoms with van der Waals surface area (Å²) in [7, 11) is 0. The van der Waals surface area contributed by atoms with Crippen molar-refractivity contribution in [3.63, 3.8) is 0 Å². The first-order chi connectivity index (χ1) is 7.58. The highest BCUT2D eigenvalue weighted by Crippen LogP contribution is 2.23. The maximum absolute atomic E-state index is 5.72. The fourth-order valence-corrected chi connectivity index (χ4v) is 2.73. The molecule has 0 radical (unpaired) electrons. The Kier molecular flexibility index (Phi) is 5.89. The quantitative estimate of drug-likeness (QED) is 0.731. The maximum atomic E-state index is 5.72. The number of rotatable bonds is 7. The van der Waals surface area contributed by atoms with Crippen LogP contribution < -0.4 is 5.73 Å². The molecule has 0 aliphatic carbocycles. The van der Waals surface area contributed by atoms with Crippen molar-refractivity contribution in [1.82, 2.24) is 0 Å². The van der Waals surface area contributed by atoms with Crippen LogP contribution in [0.4, 0.5) is 5.00 Å². The Morgan fingerprint density at radius 1 is 1.12 bits per heavy atom. The molecule has 0 saturated carbocycles. The molecule has 0 aromatic carbocycles. The van der Waals surface area contributed by atoms with E-state index in [0.717, 1.165) is 16.8 Å². The molecule has 1 atom stereocenters. The van der Waals surface area contributed by atoms with Gasteiger partial charge in [-0.05, 0) is 36.8 Å². The largest absolute Gasteiger partial charge is 0.391 e. The van der Waals surface area contributed by atoms with E-state index in [9.17, 15) is 0 Å². The lowest BCUT2D eigenvalue weighted by atomic mass is 9.96. The standard InChI is InChI=1S/C14H25NS/c1-11(2)5-4-6-12(3)7-8-13-9-10-14(15)16-13/h9-12H,4-8,15H2,1-3H3. The first-order valence-electron chi connectivity index (χ1n) is 6.42. The summed E-state index contributed by atoms with van der Waals surface area (Å²) in [6.45, 7) is 6.98. The van der Waals surface area contributed by atoms with Crippen LogP contribution in [0.2, 0.25) is 0 Å². The summed E-state index contributed by atoms with van der Waals surface area (Å²) in [5.41, 5.74) is 5.72. The molecular weight excluding hydrogens is 214 g/mol. The van der Waals surface area contributed by atoms with Crippen molar-refractivity contribution >= 4 is 16.3 Å². The van der Waals surface area contributed by atoms with Gasteiger partial charge < -0.3 is 5.73 Å². The highest BCUT2D eigenvalue weighted by molar-refractivity contribution is 7.15. The summed E-state index contributed by atoms with van der Waals surface area (Å²) in [6.07, 6.45) is 6.63. The molecule has 1 heterocycles. The Morgan fingerprint density at radius 2 is 1.88 bits per heavy atom. The molecule has 16 heavy (non-hydrogen) atoms. The van der Waals surface area contributed by atoms with Crippen LogP contribution >= 0.6 is 11.3 Å². The Morgan fingerprint density at radius 3 is 2.44 bits per heavy atom. The first-order valence-corrected chi connectivity index (χ1v) is 7.23. The molecule has 1 aromatic heterocycles. The third-order valence-electron chi connectivity index (χ3n) is 3.04. The van der Waals surface area contributed by atoms with E-state index in [4.69, 9.17) is 5.73 Å². The third-order valence-corrected chi connectivity index (χ3v) is 4.02. The minimum atomic E-state index is 0.849. The van der Waals surface area contributed by atoms with Crippen molar-refractivity contribution in [3.8, 4) is 0 Å². The van der Waals surface area contributed by atoms with E-state index in [-0.39, 0.29) is 0 Å². The number of nitrogens with two attached hydrogens (primary N) is 1. The zero-order valence-electron chi connectivity index (χ0n) is 10.8. The lowest BCUT2D eigenvalue weighted by Crippen LogP contribution is -1.98. The van der Waals surface area contributed by atoms with E-state index in [0.29, 0.717) is 0 Å². The van der Waals surface area contributed by atoms with Crippen molar-refractivity contribution in [3.05, 3.63) is 17.0 Å². The second-order valence-corrected chi connectivity index (χ2v) is 6.47. The average Bonchev–Trinajstić information content (AvgIpc) is 2.61. The van der Waals surface area contributed by atoms with E-state index < -0.39 is 0 Å². The minimum Gasteiger partial charge on any atom is -0.391 e. The monoisotopic (exact) mass is 239 g/mol. The second kappa shape index (κ2) is 6.95. The van der Waals surface area contributed by atoms with Crippen LogP contribution in [0.1, 0.15) is 51.3 Å². The molecule has 0 amide bonds. The number of hydrogen-bond donors (Lipinski definition) is 1. The zero-order valence-corrected chi connectivity index (χ0v) is 11.6. The Balaban J connectivity index is 2.12. The predicted molar refractivity (Wildman–Crippen MR) is 74.9 cm³/mol. The third kappa shape index (κ3) is 5.55. The van der Waals surface area contributed by atoms with Gasteiger partial charge in [-0.3, -0.25) is 0 Å². The average molecular weight is 239 g/mol. The maximum Gasteiger partial charge on any atom is 0.0859 e. The first kappa shape index (κ1) is 13.6. The van der Waals surface area contributed by atoms with E-state index in [1.807, 2.05) is 6.07 Å². The molecule has 1 nitrogen and oxygen atoms in total. The van der Waals surface area contributed by atoms with E-state index in [1.165, 1.54) is 37.0 Å². The van der Waals surface area contributed by atoms with Crippen LogP contribution in [0, 0.1) is 11.8 Å². The van der Waals surface area contributed by atoms with E-state index in [1.54, 1.807) is 11.3 Å². The number of anilines is 1. The molecule has 0 bridgehead atoms. The van der Waals surface area contributed by atoms with Gasteiger partial charge in [0.2, 0.25) is 0 Å². The molecule has 0 aliphatic heterocycles. The smallest absolute Gasteiger partial charge is 0.0859 e. The Labute approximate surface area is 104 Å². The summed E-state index contributed by atoms with van der Waals surface area (Å²) in [5.74, 6) is 1.70. The van der Waals surface area contributed by atoms with Crippen LogP contribution in [0.15, 0.2) is 12.1 Å². The molecule has 0 fully saturated rings. The van der Waals surface area contributed by atoms with Gasteiger partial charge in [0.25, 0.3) is 0 Å². The minimum absolute atomic E-state index is 0.849. The van der Waals surface area contributed by atoms with E-state index in [2.05, 4.69) is 26.8 Å². The van der Waals surface area contributed by atoms with Gasteiger partial charge in [-0.25, -0.2) is 0 Å². The summed E-state index contributed by atoms with van der Waals surface area (Å²) in [6, 6.07) is 4.18. The van der Waals surface area contributed by atoms with Gasteiger partial charge in [0.15, 0.2) is 0 Å². The predicted octanol–water partition coefficient (Wildman–Crippen LogP) is 4.73. The normalized spacial score (nSPS) is 13.2. The van der Waals surface area contributed by atoms with Crippen molar-refractivity contribution in [1.29, 1.82) is 0 Å². The molecule has 2 N–H and O–H groups in total. The second-order valence-electron chi connectivity index (χ2n) is 5.27. The molecule has 0 spiro atoms. The molecular formula is C14H25NS. The van der Waals surface area contributed by atoms with E-state index >= 15 is 0 Å². The highest BCUT2D eigenvalue weighted by atomic mass is 32.1. The molecule has 1 rings (SSSR count). The van der Waals surface area contributed by atoms with Crippen molar-refractivity contribution < 1.29 is 0 Å². The lowest BCUT2D eigenvalue weighted by molar-refractivity contribution is 0.438. The molecule has 0 aliphatic rings. The van der Waals surface area contributed by atoms with Crippen LogP contribution in [0.25, 0.3) is 0 Å². The van der Waals surface area contributed by atoms with Gasteiger partial charge in [0, 0.05) is 4.88 Å². The molecule has 1 aromatic rings. The van der Waals surface area contributed by atoms with Gasteiger partial charge in [-0.2, -0.15) is 0 Å². The summed E-state index contributed by atoms with van der Waals surface area (Å²) >= 11 is 1.74. The SMILES string of the molecule is CC(C)CCCC(C)CCc1ccc(N)s1. The van der Waals surface area contributed by atoms with Crippen molar-refractivity contribution in [2.45, 2.75) is 52.9 Å². The van der Waals surface area contributed by atoms with Gasteiger partial charge in [0.05, 0.1) is 5.00 Å². The Bertz CT molecular complexity index is 291. The lowest BCUT2D eigenvalue weighted by Gasteiger charge is -2.11.